The van der Waals surface area contributed by atoms with Gasteiger partial charge in [-0.15, -0.1) is 0 Å². The number of rotatable bonds is 2. The molecule has 0 unspecified atom stereocenters. The van der Waals surface area contributed by atoms with Crippen molar-refractivity contribution in [3.63, 3.8) is 0 Å². The second-order valence-electron chi connectivity index (χ2n) is 2.81. The van der Waals surface area contributed by atoms with Crippen molar-refractivity contribution < 1.29 is 4.98 Å². The lowest BCUT2D eigenvalue weighted by Crippen LogP contribution is -2.13. The van der Waals surface area contributed by atoms with E-state index in [1.54, 1.807) is 6.20 Å². The molecular formula is C8H14N3+. The summed E-state index contributed by atoms with van der Waals surface area (Å²) in [6.45, 7) is 4.16. The van der Waals surface area contributed by atoms with Gasteiger partial charge in [-0.05, 0) is 13.8 Å². The molecule has 4 N–H and O–H groups in total. The minimum atomic E-state index is 0.416. The molecule has 1 heterocycles. The summed E-state index contributed by atoms with van der Waals surface area (Å²) in [6, 6.07) is 2.34. The molecule has 0 atom stereocenters. The highest BCUT2D eigenvalue weighted by Gasteiger charge is 2.00. The molecule has 0 aromatic carbocycles. The van der Waals surface area contributed by atoms with E-state index in [1.165, 1.54) is 0 Å². The van der Waals surface area contributed by atoms with Crippen molar-refractivity contribution in [3.8, 4) is 0 Å². The molecule has 1 aromatic heterocycles. The molecule has 0 spiro atoms. The highest BCUT2D eigenvalue weighted by Crippen LogP contribution is 2.14. The molecule has 3 nitrogen and oxygen atoms in total. The van der Waals surface area contributed by atoms with Crippen LogP contribution in [0.4, 0.5) is 11.4 Å². The first kappa shape index (κ1) is 7.85. The Balaban J connectivity index is 2.78. The number of hydrogen-bond donors (Lipinski definition) is 2. The average Bonchev–Trinajstić information content (AvgIpc) is 1.93. The van der Waals surface area contributed by atoms with E-state index < -0.39 is 0 Å². The number of pyridine rings is 1. The lowest BCUT2D eigenvalue weighted by Gasteiger charge is -2.09. The van der Waals surface area contributed by atoms with Crippen molar-refractivity contribution in [1.29, 1.82) is 0 Å². The first-order valence-electron chi connectivity index (χ1n) is 3.72. The number of nitrogens with one attached hydrogen (secondary N) is 2. The predicted molar refractivity (Wildman–Crippen MR) is 46.2 cm³/mol. The van der Waals surface area contributed by atoms with Crippen molar-refractivity contribution in [2.24, 2.45) is 0 Å². The van der Waals surface area contributed by atoms with Crippen molar-refractivity contribution in [2.75, 3.05) is 11.1 Å². The summed E-state index contributed by atoms with van der Waals surface area (Å²) in [5.41, 5.74) is 7.41. The third kappa shape index (κ3) is 2.11. The summed E-state index contributed by atoms with van der Waals surface area (Å²) in [7, 11) is 0. The van der Waals surface area contributed by atoms with Crippen LogP contribution in [0.3, 0.4) is 0 Å². The van der Waals surface area contributed by atoms with Gasteiger partial charge in [-0.1, -0.05) is 0 Å². The van der Waals surface area contributed by atoms with E-state index in [0.29, 0.717) is 6.04 Å². The Bertz CT molecular complexity index is 233. The summed E-state index contributed by atoms with van der Waals surface area (Å²) in [5.74, 6) is 0. The third-order valence-electron chi connectivity index (χ3n) is 1.34. The van der Waals surface area contributed by atoms with Gasteiger partial charge in [0, 0.05) is 12.1 Å². The van der Waals surface area contributed by atoms with Crippen LogP contribution in [-0.2, 0) is 0 Å². The molecule has 1 rings (SSSR count). The predicted octanol–water partition coefficient (Wildman–Crippen LogP) is 0.903. The molecule has 0 amide bonds. The van der Waals surface area contributed by atoms with Crippen molar-refractivity contribution >= 4 is 11.4 Å². The molecule has 0 aliphatic heterocycles. The van der Waals surface area contributed by atoms with Gasteiger partial charge in [0.1, 0.15) is 5.69 Å². The van der Waals surface area contributed by atoms with E-state index in [2.05, 4.69) is 24.1 Å². The fraction of sp³-hybridized carbons (Fsp3) is 0.375. The van der Waals surface area contributed by atoms with Gasteiger partial charge in [0.15, 0.2) is 12.4 Å². The molecule has 0 aliphatic carbocycles. The fourth-order valence-corrected chi connectivity index (χ4v) is 0.886. The molecule has 0 saturated carbocycles. The van der Waals surface area contributed by atoms with Gasteiger partial charge in [0.05, 0.1) is 5.69 Å². The normalized spacial score (nSPS) is 10.1. The molecule has 0 saturated heterocycles. The lowest BCUT2D eigenvalue weighted by atomic mass is 10.3. The van der Waals surface area contributed by atoms with E-state index in [9.17, 15) is 0 Å². The van der Waals surface area contributed by atoms with E-state index in [4.69, 9.17) is 5.73 Å². The maximum Gasteiger partial charge on any atom is 0.192 e. The zero-order valence-electron chi connectivity index (χ0n) is 6.89. The molecule has 0 bridgehead atoms. The van der Waals surface area contributed by atoms with Crippen LogP contribution < -0.4 is 16.0 Å². The van der Waals surface area contributed by atoms with Crippen LogP contribution in [0.5, 0.6) is 0 Å². The van der Waals surface area contributed by atoms with E-state index >= 15 is 0 Å². The molecule has 1 aromatic rings. The standard InChI is InChI=1S/C8H13N3/c1-6(2)11-8-3-4-10-5-7(8)9/h3-6H,9H2,1-2H3,(H,10,11)/p+1. The van der Waals surface area contributed by atoms with Gasteiger partial charge in [0.25, 0.3) is 0 Å². The number of nitrogens with two attached hydrogens (primary N) is 1. The summed E-state index contributed by atoms with van der Waals surface area (Å²) in [5, 5.41) is 3.23. The zero-order valence-corrected chi connectivity index (χ0v) is 6.89. The highest BCUT2D eigenvalue weighted by molar-refractivity contribution is 5.63. The average molecular weight is 152 g/mol. The summed E-state index contributed by atoms with van der Waals surface area (Å²) in [6.07, 6.45) is 3.62. The van der Waals surface area contributed by atoms with Crippen LogP contribution in [-0.4, -0.2) is 6.04 Å². The van der Waals surface area contributed by atoms with Crippen molar-refractivity contribution in [3.05, 3.63) is 18.5 Å². The number of H-pyrrole nitrogens is 1. The number of nitrogen functional groups attached to an aromatic ring is 1. The van der Waals surface area contributed by atoms with Crippen molar-refractivity contribution in [2.45, 2.75) is 19.9 Å². The Hall–Kier alpha value is -1.25. The van der Waals surface area contributed by atoms with Gasteiger partial charge in [0.2, 0.25) is 0 Å². The molecular weight excluding hydrogens is 138 g/mol. The van der Waals surface area contributed by atoms with Gasteiger partial charge >= 0.3 is 0 Å². The Labute approximate surface area is 66.6 Å². The van der Waals surface area contributed by atoms with Crippen molar-refractivity contribution in [1.82, 2.24) is 0 Å². The Morgan fingerprint density at radius 3 is 2.82 bits per heavy atom. The minimum absolute atomic E-state index is 0.416. The topological polar surface area (TPSA) is 52.2 Å². The SMILES string of the molecule is CC(C)Nc1cc[nH+]cc1N. The number of aromatic amines is 1. The van der Waals surface area contributed by atoms with Crippen LogP contribution in [0, 0.1) is 0 Å². The first-order valence-corrected chi connectivity index (χ1v) is 3.72. The van der Waals surface area contributed by atoms with Crippen LogP contribution in [0.15, 0.2) is 18.5 Å². The molecule has 0 aliphatic rings. The maximum absolute atomic E-state index is 5.68. The largest absolute Gasteiger partial charge is 0.392 e. The Morgan fingerprint density at radius 1 is 1.55 bits per heavy atom. The summed E-state index contributed by atoms with van der Waals surface area (Å²) in [4.78, 5) is 2.91. The number of hydrogen-bond acceptors (Lipinski definition) is 2. The van der Waals surface area contributed by atoms with Crippen LogP contribution in [0.2, 0.25) is 0 Å². The molecule has 0 radical (unpaired) electrons. The van der Waals surface area contributed by atoms with E-state index in [1.807, 2.05) is 12.3 Å². The second kappa shape index (κ2) is 3.23. The number of anilines is 2. The van der Waals surface area contributed by atoms with Gasteiger partial charge in [-0.2, -0.15) is 0 Å². The van der Waals surface area contributed by atoms with Crippen LogP contribution in [0.25, 0.3) is 0 Å². The maximum atomic E-state index is 5.68. The van der Waals surface area contributed by atoms with Crippen LogP contribution in [0.1, 0.15) is 13.8 Å². The summed E-state index contributed by atoms with van der Waals surface area (Å²) < 4.78 is 0. The van der Waals surface area contributed by atoms with Gasteiger partial charge in [-0.25, -0.2) is 4.98 Å². The number of aromatic nitrogens is 1. The highest BCUT2D eigenvalue weighted by atomic mass is 14.9. The van der Waals surface area contributed by atoms with E-state index in [0.717, 1.165) is 11.4 Å². The van der Waals surface area contributed by atoms with Crippen LogP contribution >= 0.6 is 0 Å². The Kier molecular flexibility index (Phi) is 2.31. The molecule has 0 fully saturated rings. The zero-order chi connectivity index (χ0) is 8.27. The fourth-order valence-electron chi connectivity index (χ4n) is 0.886. The van der Waals surface area contributed by atoms with Gasteiger partial charge < -0.3 is 11.1 Å². The van der Waals surface area contributed by atoms with Gasteiger partial charge in [-0.3, -0.25) is 0 Å². The molecule has 11 heavy (non-hydrogen) atoms. The molecule has 3 heteroatoms. The monoisotopic (exact) mass is 152 g/mol. The lowest BCUT2D eigenvalue weighted by molar-refractivity contribution is -0.376. The third-order valence-corrected chi connectivity index (χ3v) is 1.34. The Morgan fingerprint density at radius 2 is 2.27 bits per heavy atom. The quantitative estimate of drug-likeness (QED) is 0.661. The smallest absolute Gasteiger partial charge is 0.192 e. The second-order valence-corrected chi connectivity index (χ2v) is 2.81. The minimum Gasteiger partial charge on any atom is -0.392 e. The molecule has 60 valence electrons. The first-order chi connectivity index (χ1) is 5.20. The summed E-state index contributed by atoms with van der Waals surface area (Å²) >= 11 is 0. The van der Waals surface area contributed by atoms with E-state index in [-0.39, 0.29) is 0 Å².